The third kappa shape index (κ3) is 5.94. The Balaban J connectivity index is 1.40. The SMILES string of the molecule is NC(=O)OCC1=C(C(=O)OC(c2ccccc2)c2ccccc2)N2C(=O)[C@@H](NC(=O)[C@H](O)c3cccc(N)c3)[C@H]2SC1. The number of thioether (sulfide) groups is 1. The maximum Gasteiger partial charge on any atom is 0.404 e. The first-order valence-corrected chi connectivity index (χ1v) is 14.0. The summed E-state index contributed by atoms with van der Waals surface area (Å²) in [6.45, 7) is -0.324. The highest BCUT2D eigenvalue weighted by atomic mass is 32.2. The van der Waals surface area contributed by atoms with Crippen molar-refractivity contribution in [2.75, 3.05) is 18.1 Å². The second-order valence-corrected chi connectivity index (χ2v) is 10.7. The van der Waals surface area contributed by atoms with Gasteiger partial charge in [0.25, 0.3) is 11.8 Å². The second kappa shape index (κ2) is 12.4. The summed E-state index contributed by atoms with van der Waals surface area (Å²) in [7, 11) is 0. The standard InChI is InChI=1S/C30H28N4O7S/c31-21-13-7-12-19(14-21)24(35)26(36)33-22-27(37)34-23(20(15-40-30(32)39)16-42-28(22)34)29(38)41-25(17-8-3-1-4-9-17)18-10-5-2-6-11-18/h1-14,22,24-25,28,35H,15-16,31H2,(H2,32,39)(H,33,36)/t22-,24-,28-/m1/s1. The number of benzene rings is 3. The number of hydrogen-bond acceptors (Lipinski definition) is 9. The molecule has 0 spiro atoms. The number of rotatable bonds is 9. The second-order valence-electron chi connectivity index (χ2n) is 9.64. The van der Waals surface area contributed by atoms with Crippen LogP contribution in [-0.2, 0) is 23.9 Å². The molecule has 0 saturated carbocycles. The van der Waals surface area contributed by atoms with Crippen LogP contribution in [-0.4, -0.2) is 57.7 Å². The fourth-order valence-electron chi connectivity index (χ4n) is 4.80. The zero-order valence-electron chi connectivity index (χ0n) is 22.2. The largest absolute Gasteiger partial charge is 0.448 e. The Morgan fingerprint density at radius 2 is 1.60 bits per heavy atom. The van der Waals surface area contributed by atoms with Crippen molar-refractivity contribution in [3.63, 3.8) is 0 Å². The van der Waals surface area contributed by atoms with E-state index in [2.05, 4.69) is 5.32 Å². The lowest BCUT2D eigenvalue weighted by atomic mass is 10.00. The summed E-state index contributed by atoms with van der Waals surface area (Å²) in [6, 6.07) is 23.5. The van der Waals surface area contributed by atoms with E-state index in [0.29, 0.717) is 22.4 Å². The number of anilines is 1. The van der Waals surface area contributed by atoms with Crippen molar-refractivity contribution in [3.05, 3.63) is 113 Å². The van der Waals surface area contributed by atoms with Crippen molar-refractivity contribution in [2.24, 2.45) is 5.73 Å². The number of amides is 3. The van der Waals surface area contributed by atoms with E-state index in [0.717, 1.165) is 0 Å². The van der Waals surface area contributed by atoms with E-state index in [9.17, 15) is 24.3 Å². The highest BCUT2D eigenvalue weighted by molar-refractivity contribution is 8.00. The van der Waals surface area contributed by atoms with Gasteiger partial charge in [0.1, 0.15) is 23.7 Å². The smallest absolute Gasteiger partial charge is 0.404 e. The predicted molar refractivity (Wildman–Crippen MR) is 154 cm³/mol. The molecule has 0 radical (unpaired) electrons. The maximum absolute atomic E-state index is 13.8. The lowest BCUT2D eigenvalue weighted by Crippen LogP contribution is -2.71. The molecule has 3 aromatic carbocycles. The van der Waals surface area contributed by atoms with Gasteiger partial charge in [-0.25, -0.2) is 9.59 Å². The first kappa shape index (κ1) is 28.7. The molecule has 0 bridgehead atoms. The van der Waals surface area contributed by atoms with Gasteiger partial charge in [-0.05, 0) is 28.8 Å². The van der Waals surface area contributed by atoms with Crippen LogP contribution in [0.2, 0.25) is 0 Å². The third-order valence-electron chi connectivity index (χ3n) is 6.83. The number of carbonyl (C=O) groups is 4. The zero-order chi connectivity index (χ0) is 29.8. The summed E-state index contributed by atoms with van der Waals surface area (Å²) in [4.78, 5) is 52.6. The topological polar surface area (TPSA) is 174 Å². The average Bonchev–Trinajstić information content (AvgIpc) is 3.01. The van der Waals surface area contributed by atoms with Gasteiger partial charge in [0.2, 0.25) is 0 Å². The van der Waals surface area contributed by atoms with Gasteiger partial charge in [-0.15, -0.1) is 11.8 Å². The number of hydrogen-bond donors (Lipinski definition) is 4. The van der Waals surface area contributed by atoms with Gasteiger partial charge < -0.3 is 31.4 Å². The Morgan fingerprint density at radius 3 is 2.19 bits per heavy atom. The number of esters is 1. The summed E-state index contributed by atoms with van der Waals surface area (Å²) in [6.07, 6.45) is -3.38. The van der Waals surface area contributed by atoms with E-state index in [4.69, 9.17) is 20.9 Å². The Labute approximate surface area is 245 Å². The van der Waals surface area contributed by atoms with Crippen molar-refractivity contribution in [2.45, 2.75) is 23.6 Å². The number of aliphatic hydroxyl groups excluding tert-OH is 1. The van der Waals surface area contributed by atoms with E-state index in [1.54, 1.807) is 18.2 Å². The molecule has 2 aliphatic heterocycles. The quantitative estimate of drug-likeness (QED) is 0.166. The van der Waals surface area contributed by atoms with Crippen LogP contribution in [0, 0.1) is 0 Å². The van der Waals surface area contributed by atoms with Crippen molar-refractivity contribution < 1.29 is 33.8 Å². The van der Waals surface area contributed by atoms with Crippen LogP contribution in [0.25, 0.3) is 0 Å². The van der Waals surface area contributed by atoms with E-state index in [1.807, 2.05) is 60.7 Å². The van der Waals surface area contributed by atoms with Gasteiger partial charge in [0.05, 0.1) is 0 Å². The molecule has 12 heteroatoms. The number of carbonyl (C=O) groups excluding carboxylic acids is 4. The Hall–Kier alpha value is -4.81. The molecule has 0 unspecified atom stereocenters. The van der Waals surface area contributed by atoms with Crippen LogP contribution < -0.4 is 16.8 Å². The van der Waals surface area contributed by atoms with Crippen LogP contribution in [0.3, 0.4) is 0 Å². The van der Waals surface area contributed by atoms with E-state index >= 15 is 0 Å². The summed E-state index contributed by atoms with van der Waals surface area (Å²) >= 11 is 1.26. The van der Waals surface area contributed by atoms with Gasteiger partial charge in [0, 0.05) is 17.0 Å². The predicted octanol–water partition coefficient (Wildman–Crippen LogP) is 2.38. The zero-order valence-corrected chi connectivity index (χ0v) is 23.0. The molecule has 2 heterocycles. The van der Waals surface area contributed by atoms with Crippen molar-refractivity contribution in [1.29, 1.82) is 0 Å². The lowest BCUT2D eigenvalue weighted by Gasteiger charge is -2.49. The number of nitrogens with one attached hydrogen (secondary N) is 1. The minimum absolute atomic E-state index is 0.0799. The molecular formula is C30H28N4O7S. The number of nitrogen functional groups attached to an aromatic ring is 1. The number of nitrogens with two attached hydrogens (primary N) is 2. The highest BCUT2D eigenvalue weighted by Gasteiger charge is 2.55. The van der Waals surface area contributed by atoms with Crippen molar-refractivity contribution in [3.8, 4) is 0 Å². The fraction of sp³-hybridized carbons (Fsp3) is 0.200. The van der Waals surface area contributed by atoms with Gasteiger partial charge in [0.15, 0.2) is 12.2 Å². The van der Waals surface area contributed by atoms with Crippen LogP contribution in [0.5, 0.6) is 0 Å². The van der Waals surface area contributed by atoms with E-state index in [1.165, 1.54) is 22.7 Å². The number of β-lactam (4-membered cyclic amide) rings is 1. The fourth-order valence-corrected chi connectivity index (χ4v) is 6.13. The summed E-state index contributed by atoms with van der Waals surface area (Å²) in [5, 5.41) is 12.5. The number of primary amides is 1. The Bertz CT molecular complexity index is 1490. The number of aliphatic hydroxyl groups is 1. The number of nitrogens with zero attached hydrogens (tertiary/aromatic N) is 1. The van der Waals surface area contributed by atoms with Gasteiger partial charge >= 0.3 is 12.1 Å². The molecule has 1 saturated heterocycles. The van der Waals surface area contributed by atoms with Crippen LogP contribution in [0.1, 0.15) is 28.9 Å². The normalized spacial score (nSPS) is 18.5. The molecule has 42 heavy (non-hydrogen) atoms. The molecule has 11 nitrogen and oxygen atoms in total. The number of fused-ring (bicyclic) bond motifs is 1. The van der Waals surface area contributed by atoms with Crippen molar-refractivity contribution in [1.82, 2.24) is 10.2 Å². The molecule has 3 aromatic rings. The minimum atomic E-state index is -1.55. The van der Waals surface area contributed by atoms with Gasteiger partial charge in [-0.3, -0.25) is 14.5 Å². The van der Waals surface area contributed by atoms with Crippen LogP contribution >= 0.6 is 11.8 Å². The third-order valence-corrected chi connectivity index (χ3v) is 8.17. The molecule has 2 aliphatic rings. The molecule has 0 aliphatic carbocycles. The van der Waals surface area contributed by atoms with Gasteiger partial charge in [-0.2, -0.15) is 0 Å². The Morgan fingerprint density at radius 1 is 0.976 bits per heavy atom. The van der Waals surface area contributed by atoms with Crippen LogP contribution in [0.4, 0.5) is 10.5 Å². The monoisotopic (exact) mass is 588 g/mol. The lowest BCUT2D eigenvalue weighted by molar-refractivity contribution is -0.155. The molecule has 5 rings (SSSR count). The molecular weight excluding hydrogens is 560 g/mol. The average molecular weight is 589 g/mol. The maximum atomic E-state index is 13.8. The highest BCUT2D eigenvalue weighted by Crippen LogP contribution is 2.42. The van der Waals surface area contributed by atoms with Crippen molar-refractivity contribution >= 4 is 41.3 Å². The van der Waals surface area contributed by atoms with E-state index in [-0.39, 0.29) is 23.6 Å². The van der Waals surface area contributed by atoms with E-state index < -0.39 is 47.5 Å². The molecule has 0 aromatic heterocycles. The molecule has 3 atom stereocenters. The minimum Gasteiger partial charge on any atom is -0.448 e. The Kier molecular flexibility index (Phi) is 8.46. The van der Waals surface area contributed by atoms with Gasteiger partial charge in [-0.1, -0.05) is 72.8 Å². The molecule has 1 fully saturated rings. The first-order chi connectivity index (χ1) is 20.2. The molecule has 6 N–H and O–H groups in total. The van der Waals surface area contributed by atoms with Crippen LogP contribution in [0.15, 0.2) is 96.2 Å². The first-order valence-electron chi connectivity index (χ1n) is 13.0. The summed E-state index contributed by atoms with van der Waals surface area (Å²) < 4.78 is 11.0. The number of ether oxygens (including phenoxy) is 2. The molecule has 3 amide bonds. The summed E-state index contributed by atoms with van der Waals surface area (Å²) in [5.41, 5.74) is 13.2. The summed E-state index contributed by atoms with van der Waals surface area (Å²) in [5.74, 6) is -1.99. The molecule has 216 valence electrons.